The van der Waals surface area contributed by atoms with Gasteiger partial charge in [-0.2, -0.15) is 0 Å². The number of hydrogen-bond donors (Lipinski definition) is 5. The number of hydrogen-bond acceptors (Lipinski definition) is 4. The van der Waals surface area contributed by atoms with E-state index < -0.39 is 17.5 Å². The summed E-state index contributed by atoms with van der Waals surface area (Å²) < 4.78 is 15.5. The number of aryl methyl sites for hydroxylation is 1. The van der Waals surface area contributed by atoms with Crippen LogP contribution in [0.3, 0.4) is 0 Å². The first-order valence-electron chi connectivity index (χ1n) is 13.6. The van der Waals surface area contributed by atoms with Gasteiger partial charge in [0.2, 0.25) is 5.91 Å². The van der Waals surface area contributed by atoms with Gasteiger partial charge in [-0.05, 0) is 61.3 Å². The average Bonchev–Trinajstić information content (AvgIpc) is 2.93. The van der Waals surface area contributed by atoms with Gasteiger partial charge in [0.25, 0.3) is 0 Å². The summed E-state index contributed by atoms with van der Waals surface area (Å²) in [6.45, 7) is 3.42. The van der Waals surface area contributed by atoms with Crippen molar-refractivity contribution in [1.82, 2.24) is 10.2 Å². The summed E-state index contributed by atoms with van der Waals surface area (Å²) >= 11 is 0. The first kappa shape index (κ1) is 29.9. The molecule has 2 amide bonds. The van der Waals surface area contributed by atoms with Gasteiger partial charge < -0.3 is 31.9 Å². The van der Waals surface area contributed by atoms with Crippen molar-refractivity contribution in [3.63, 3.8) is 0 Å². The van der Waals surface area contributed by atoms with Crippen molar-refractivity contribution in [2.75, 3.05) is 26.2 Å². The number of amides is 2. The Bertz CT molecular complexity index is 1170. The van der Waals surface area contributed by atoms with Crippen LogP contribution in [0, 0.1) is 11.7 Å². The fourth-order valence-corrected chi connectivity index (χ4v) is 5.43. The molecule has 9 nitrogen and oxygen atoms in total. The Morgan fingerprint density at radius 3 is 2.69 bits per heavy atom. The summed E-state index contributed by atoms with van der Waals surface area (Å²) in [7, 11) is 0. The molecule has 0 bridgehead atoms. The van der Waals surface area contributed by atoms with Gasteiger partial charge in [-0.15, -0.1) is 0 Å². The Balaban J connectivity index is 1.94. The number of likely N-dealkylation sites (tertiary alicyclic amines) is 1. The molecule has 0 aromatic heterocycles. The molecule has 0 radical (unpaired) electrons. The monoisotopic (exact) mass is 541 g/mol. The van der Waals surface area contributed by atoms with Gasteiger partial charge >= 0.3 is 6.09 Å². The van der Waals surface area contributed by atoms with E-state index in [2.05, 4.69) is 10.3 Å². The Morgan fingerprint density at radius 2 is 1.97 bits per heavy atom. The molecule has 10 heteroatoms. The van der Waals surface area contributed by atoms with Crippen LogP contribution in [0.1, 0.15) is 56.6 Å². The molecule has 0 aliphatic carbocycles. The number of halogens is 1. The highest BCUT2D eigenvalue weighted by Crippen LogP contribution is 2.44. The van der Waals surface area contributed by atoms with Gasteiger partial charge in [0.05, 0.1) is 5.60 Å². The zero-order chi connectivity index (χ0) is 28.4. The lowest BCUT2D eigenvalue weighted by atomic mass is 9.72. The molecular weight excluding hydrogens is 501 g/mol. The zero-order valence-corrected chi connectivity index (χ0v) is 22.5. The molecule has 1 saturated heterocycles. The van der Waals surface area contributed by atoms with E-state index in [0.717, 1.165) is 12.0 Å². The van der Waals surface area contributed by atoms with Crippen LogP contribution in [0.15, 0.2) is 47.5 Å². The molecule has 212 valence electrons. The van der Waals surface area contributed by atoms with Crippen LogP contribution in [0.25, 0.3) is 11.1 Å². The normalized spacial score (nSPS) is 16.8. The molecule has 1 fully saturated rings. The molecule has 3 rings (SSSR count). The number of rotatable bonds is 12. The third kappa shape index (κ3) is 7.92. The van der Waals surface area contributed by atoms with Gasteiger partial charge in [0.15, 0.2) is 5.96 Å². The van der Waals surface area contributed by atoms with Crippen molar-refractivity contribution in [2.45, 2.75) is 57.5 Å². The molecule has 39 heavy (non-hydrogen) atoms. The molecule has 1 heterocycles. The Kier molecular flexibility index (Phi) is 10.7. The molecule has 2 aromatic carbocycles. The number of nitrogens with two attached hydrogens (primary N) is 2. The SMILES string of the molecule is CCc1cccc(-c2c(F)cccc2[C@](O)(CCCNC(=O)O)C2CCCN(C(=O)CCCN=C(N)N)C2)c1. The van der Waals surface area contributed by atoms with Crippen LogP contribution in [0.2, 0.25) is 0 Å². The highest BCUT2D eigenvalue weighted by atomic mass is 19.1. The molecular formula is C29H40FN5O4. The van der Waals surface area contributed by atoms with E-state index in [0.29, 0.717) is 62.0 Å². The fourth-order valence-electron chi connectivity index (χ4n) is 5.43. The Morgan fingerprint density at radius 1 is 1.21 bits per heavy atom. The molecule has 1 aliphatic rings. The van der Waals surface area contributed by atoms with Crippen molar-refractivity contribution in [2.24, 2.45) is 22.4 Å². The summed E-state index contributed by atoms with van der Waals surface area (Å²) in [6, 6.07) is 12.3. The van der Waals surface area contributed by atoms with E-state index in [-0.39, 0.29) is 37.2 Å². The molecule has 0 spiro atoms. The second kappa shape index (κ2) is 13.9. The number of carbonyl (C=O) groups excluding carboxylic acids is 1. The van der Waals surface area contributed by atoms with Crippen LogP contribution in [-0.2, 0) is 16.8 Å². The smallest absolute Gasteiger partial charge is 0.404 e. The molecule has 0 saturated carbocycles. The minimum Gasteiger partial charge on any atom is -0.465 e. The van der Waals surface area contributed by atoms with Crippen molar-refractivity contribution < 1.29 is 24.2 Å². The van der Waals surface area contributed by atoms with Gasteiger partial charge in [0, 0.05) is 44.1 Å². The van der Waals surface area contributed by atoms with E-state index in [1.807, 2.05) is 31.2 Å². The van der Waals surface area contributed by atoms with Gasteiger partial charge in [-0.1, -0.05) is 43.3 Å². The summed E-state index contributed by atoms with van der Waals surface area (Å²) in [5.41, 5.74) is 11.7. The van der Waals surface area contributed by atoms with Crippen molar-refractivity contribution >= 4 is 18.0 Å². The predicted octanol–water partition coefficient (Wildman–Crippen LogP) is 3.58. The lowest BCUT2D eigenvalue weighted by molar-refractivity contribution is -0.136. The second-order valence-electron chi connectivity index (χ2n) is 10.1. The number of piperidine rings is 1. The Hall–Kier alpha value is -3.66. The predicted molar refractivity (Wildman–Crippen MR) is 150 cm³/mol. The maximum Gasteiger partial charge on any atom is 0.404 e. The maximum absolute atomic E-state index is 15.5. The lowest BCUT2D eigenvalue weighted by Gasteiger charge is -2.43. The summed E-state index contributed by atoms with van der Waals surface area (Å²) in [4.78, 5) is 29.7. The second-order valence-corrected chi connectivity index (χ2v) is 10.1. The number of nitrogens with one attached hydrogen (secondary N) is 1. The van der Waals surface area contributed by atoms with Crippen molar-refractivity contribution in [3.05, 3.63) is 59.4 Å². The average molecular weight is 542 g/mol. The highest BCUT2D eigenvalue weighted by molar-refractivity contribution is 5.77. The molecule has 2 atom stereocenters. The fraction of sp³-hybridized carbons (Fsp3) is 0.483. The molecule has 1 unspecified atom stereocenters. The van der Waals surface area contributed by atoms with E-state index in [9.17, 15) is 14.7 Å². The highest BCUT2D eigenvalue weighted by Gasteiger charge is 2.43. The van der Waals surface area contributed by atoms with E-state index in [1.54, 1.807) is 17.0 Å². The number of benzene rings is 2. The number of carboxylic acid groups (broad SMARTS) is 1. The minimum atomic E-state index is -1.49. The van der Waals surface area contributed by atoms with Crippen LogP contribution < -0.4 is 16.8 Å². The maximum atomic E-state index is 15.5. The third-order valence-electron chi connectivity index (χ3n) is 7.41. The summed E-state index contributed by atoms with van der Waals surface area (Å²) in [5, 5.41) is 23.8. The number of carbonyl (C=O) groups is 2. The van der Waals surface area contributed by atoms with Crippen molar-refractivity contribution in [1.29, 1.82) is 0 Å². The topological polar surface area (TPSA) is 154 Å². The number of guanidine groups is 1. The third-order valence-corrected chi connectivity index (χ3v) is 7.41. The Labute approximate surface area is 229 Å². The quantitative estimate of drug-likeness (QED) is 0.157. The first-order chi connectivity index (χ1) is 18.7. The summed E-state index contributed by atoms with van der Waals surface area (Å²) in [6.07, 6.45) is 2.30. The number of aliphatic imine (C=N–C) groups is 1. The van der Waals surface area contributed by atoms with Crippen LogP contribution in [0.5, 0.6) is 0 Å². The first-order valence-corrected chi connectivity index (χ1v) is 13.6. The van der Waals surface area contributed by atoms with Crippen LogP contribution in [0.4, 0.5) is 9.18 Å². The van der Waals surface area contributed by atoms with Crippen LogP contribution >= 0.6 is 0 Å². The molecule has 1 aliphatic heterocycles. The van der Waals surface area contributed by atoms with E-state index in [1.165, 1.54) is 6.07 Å². The minimum absolute atomic E-state index is 0.0155. The van der Waals surface area contributed by atoms with Gasteiger partial charge in [0.1, 0.15) is 5.82 Å². The van der Waals surface area contributed by atoms with Crippen LogP contribution in [-0.4, -0.2) is 59.3 Å². The van der Waals surface area contributed by atoms with Gasteiger partial charge in [-0.25, -0.2) is 9.18 Å². The van der Waals surface area contributed by atoms with E-state index in [4.69, 9.17) is 16.6 Å². The van der Waals surface area contributed by atoms with E-state index >= 15 is 4.39 Å². The molecule has 2 aromatic rings. The lowest BCUT2D eigenvalue weighted by Crippen LogP contribution is -2.48. The summed E-state index contributed by atoms with van der Waals surface area (Å²) in [5.74, 6) is -0.868. The van der Waals surface area contributed by atoms with Crippen molar-refractivity contribution in [3.8, 4) is 11.1 Å². The largest absolute Gasteiger partial charge is 0.465 e. The molecule has 7 N–H and O–H groups in total. The number of aliphatic hydroxyl groups is 1. The zero-order valence-electron chi connectivity index (χ0n) is 22.5. The number of nitrogens with zero attached hydrogens (tertiary/aromatic N) is 2. The standard InChI is InChI=1S/C29H40FN5O4/c1-2-20-8-3-9-21(18-20)26-23(11-4-12-24(26)30)29(39,14-7-16-34-28(37)38)22-10-6-17-35(19-22)25(36)13-5-15-33-27(31)32/h3-4,8-9,11-12,18,22,34,39H,2,5-7,10,13-17,19H2,1H3,(H,37,38)(H4,31,32,33)/t22?,29-/m0/s1. The van der Waals surface area contributed by atoms with Gasteiger partial charge in [-0.3, -0.25) is 9.79 Å².